The summed E-state index contributed by atoms with van der Waals surface area (Å²) in [4.78, 5) is 25.0. The molecule has 1 unspecified atom stereocenters. The highest BCUT2D eigenvalue weighted by atomic mass is 32.1. The minimum Gasteiger partial charge on any atom is -0.444 e. The molecule has 2 aromatic rings. The number of nitrogens with zero attached hydrogens (tertiary/aromatic N) is 5. The highest BCUT2D eigenvalue weighted by molar-refractivity contribution is 7.80. The van der Waals surface area contributed by atoms with Gasteiger partial charge in [0, 0.05) is 18.7 Å². The molecule has 0 N–H and O–H groups in total. The summed E-state index contributed by atoms with van der Waals surface area (Å²) >= 11 is 5.55. The van der Waals surface area contributed by atoms with Crippen molar-refractivity contribution in [1.29, 1.82) is 0 Å². The summed E-state index contributed by atoms with van der Waals surface area (Å²) in [5, 5.41) is 19.1. The molecule has 1 aliphatic heterocycles. The Balaban J connectivity index is 1.91. The lowest BCUT2D eigenvalue weighted by molar-refractivity contribution is -0.384. The van der Waals surface area contributed by atoms with Gasteiger partial charge in [0.25, 0.3) is 5.69 Å². The van der Waals surface area contributed by atoms with E-state index in [1.54, 1.807) is 25.7 Å². The summed E-state index contributed by atoms with van der Waals surface area (Å²) in [5.74, 6) is 0. The third-order valence-electron chi connectivity index (χ3n) is 4.01. The summed E-state index contributed by atoms with van der Waals surface area (Å²) in [5.41, 5.74) is 0.270. The number of benzene rings is 1. The number of carbonyl (C=O) groups is 1. The van der Waals surface area contributed by atoms with E-state index in [4.69, 9.17) is 17.0 Å². The van der Waals surface area contributed by atoms with E-state index < -0.39 is 16.6 Å². The largest absolute Gasteiger partial charge is 0.444 e. The molecular weight excluding hydrogens is 358 g/mol. The number of carbonyl (C=O) groups excluding carboxylic acids is 1. The Morgan fingerprint density at radius 2 is 2.15 bits per heavy atom. The second kappa shape index (κ2) is 6.60. The first-order valence-electron chi connectivity index (χ1n) is 8.21. The van der Waals surface area contributed by atoms with Crippen LogP contribution in [0.15, 0.2) is 18.2 Å². The first kappa shape index (κ1) is 18.2. The maximum absolute atomic E-state index is 12.5. The van der Waals surface area contributed by atoms with Gasteiger partial charge in [-0.3, -0.25) is 15.0 Å². The molecule has 26 heavy (non-hydrogen) atoms. The zero-order valence-electron chi connectivity index (χ0n) is 14.7. The Labute approximate surface area is 155 Å². The fourth-order valence-corrected chi connectivity index (χ4v) is 3.27. The molecule has 2 heterocycles. The zero-order valence-corrected chi connectivity index (χ0v) is 15.5. The molecule has 1 aliphatic rings. The number of hydrogen-bond donors (Lipinski definition) is 0. The van der Waals surface area contributed by atoms with Crippen molar-refractivity contribution in [2.45, 2.75) is 45.3 Å². The van der Waals surface area contributed by atoms with E-state index >= 15 is 0 Å². The zero-order chi connectivity index (χ0) is 19.1. The first-order valence-corrected chi connectivity index (χ1v) is 8.62. The molecule has 0 bridgehead atoms. The molecule has 10 heteroatoms. The number of fused-ring (bicyclic) bond motifs is 1. The van der Waals surface area contributed by atoms with Crippen LogP contribution in [0.5, 0.6) is 0 Å². The van der Waals surface area contributed by atoms with Crippen molar-refractivity contribution in [3.8, 4) is 0 Å². The van der Waals surface area contributed by atoms with E-state index in [9.17, 15) is 14.9 Å². The average molecular weight is 377 g/mol. The smallest absolute Gasteiger partial charge is 0.410 e. The molecule has 1 atom stereocenters. The van der Waals surface area contributed by atoms with E-state index in [0.29, 0.717) is 29.0 Å². The molecule has 1 fully saturated rings. The maximum Gasteiger partial charge on any atom is 0.410 e. The Morgan fingerprint density at radius 3 is 2.81 bits per heavy atom. The third kappa shape index (κ3) is 3.50. The number of non-ortho nitro benzene ring substituents is 1. The molecule has 3 rings (SSSR count). The van der Waals surface area contributed by atoms with Crippen LogP contribution in [0, 0.1) is 10.1 Å². The Kier molecular flexibility index (Phi) is 4.61. The SMILES string of the molecule is CC(C)(C)OC(=O)N1CCCC1C(=S)n1nnc2ccc([N+](=O)[O-])cc21. The fourth-order valence-electron chi connectivity index (χ4n) is 2.89. The number of rotatable bonds is 2. The third-order valence-corrected chi connectivity index (χ3v) is 4.46. The molecule has 9 nitrogen and oxygen atoms in total. The van der Waals surface area contributed by atoms with Gasteiger partial charge in [0.2, 0.25) is 0 Å². The summed E-state index contributed by atoms with van der Waals surface area (Å²) < 4.78 is 6.84. The lowest BCUT2D eigenvalue weighted by Crippen LogP contribution is -2.44. The minimum atomic E-state index is -0.605. The lowest BCUT2D eigenvalue weighted by Gasteiger charge is -2.28. The van der Waals surface area contributed by atoms with Crippen LogP contribution in [0.4, 0.5) is 10.5 Å². The van der Waals surface area contributed by atoms with Gasteiger partial charge in [-0.05, 0) is 39.7 Å². The number of thiocarbonyl (C=S) groups is 1. The van der Waals surface area contributed by atoms with E-state index in [-0.39, 0.29) is 11.7 Å². The van der Waals surface area contributed by atoms with Gasteiger partial charge in [-0.15, -0.1) is 5.10 Å². The molecule has 1 aromatic carbocycles. The molecular formula is C16H19N5O4S. The van der Waals surface area contributed by atoms with Crippen LogP contribution < -0.4 is 0 Å². The fraction of sp³-hybridized carbons (Fsp3) is 0.500. The van der Waals surface area contributed by atoms with E-state index in [1.165, 1.54) is 22.9 Å². The molecule has 1 amide bonds. The topological polar surface area (TPSA) is 103 Å². The van der Waals surface area contributed by atoms with Gasteiger partial charge in [-0.2, -0.15) is 0 Å². The van der Waals surface area contributed by atoms with Crippen molar-refractivity contribution < 1.29 is 14.5 Å². The highest BCUT2D eigenvalue weighted by Gasteiger charge is 2.36. The van der Waals surface area contributed by atoms with Crippen LogP contribution in [0.25, 0.3) is 11.0 Å². The van der Waals surface area contributed by atoms with Gasteiger partial charge < -0.3 is 4.74 Å². The van der Waals surface area contributed by atoms with Crippen molar-refractivity contribution in [3.05, 3.63) is 28.3 Å². The van der Waals surface area contributed by atoms with Gasteiger partial charge in [0.1, 0.15) is 21.6 Å². The van der Waals surface area contributed by atoms with Crippen LogP contribution in [0.1, 0.15) is 33.6 Å². The molecule has 138 valence electrons. The number of amides is 1. The summed E-state index contributed by atoms with van der Waals surface area (Å²) in [7, 11) is 0. The predicted molar refractivity (Wildman–Crippen MR) is 98.1 cm³/mol. The second-order valence-electron chi connectivity index (χ2n) is 7.10. The van der Waals surface area contributed by atoms with Crippen LogP contribution in [-0.2, 0) is 4.74 Å². The molecule has 0 radical (unpaired) electrons. The van der Waals surface area contributed by atoms with Crippen LogP contribution in [0.3, 0.4) is 0 Å². The van der Waals surface area contributed by atoms with E-state index in [1.807, 2.05) is 0 Å². The van der Waals surface area contributed by atoms with Crippen molar-refractivity contribution >= 4 is 40.0 Å². The number of hydrogen-bond acceptors (Lipinski definition) is 7. The van der Waals surface area contributed by atoms with Crippen LogP contribution in [-0.4, -0.2) is 54.1 Å². The van der Waals surface area contributed by atoms with Crippen molar-refractivity contribution in [2.24, 2.45) is 0 Å². The Bertz CT molecular complexity index is 888. The quantitative estimate of drug-likeness (QED) is 0.450. The van der Waals surface area contributed by atoms with Gasteiger partial charge in [-0.1, -0.05) is 17.4 Å². The maximum atomic E-state index is 12.5. The average Bonchev–Trinajstić information content (AvgIpc) is 3.19. The monoisotopic (exact) mass is 377 g/mol. The molecule has 0 saturated carbocycles. The van der Waals surface area contributed by atoms with Crippen LogP contribution >= 0.6 is 12.2 Å². The number of nitro groups is 1. The van der Waals surface area contributed by atoms with Gasteiger partial charge in [0.05, 0.1) is 11.0 Å². The number of ether oxygens (including phenoxy) is 1. The van der Waals surface area contributed by atoms with Crippen molar-refractivity contribution in [1.82, 2.24) is 19.9 Å². The summed E-state index contributed by atoms with van der Waals surface area (Å²) in [6.45, 7) is 5.95. The standard InChI is InChI=1S/C16H19N5O4S/c1-16(2,3)25-15(22)19-8-4-5-12(19)14(26)20-13-9-10(21(23)24)6-7-11(13)17-18-20/h6-7,9,12H,4-5,8H2,1-3H3. The van der Waals surface area contributed by atoms with Gasteiger partial charge in [0.15, 0.2) is 0 Å². The molecule has 0 aliphatic carbocycles. The number of likely N-dealkylation sites (tertiary alicyclic amines) is 1. The highest BCUT2D eigenvalue weighted by Crippen LogP contribution is 2.25. The second-order valence-corrected chi connectivity index (χ2v) is 7.52. The van der Waals surface area contributed by atoms with Gasteiger partial charge >= 0.3 is 6.09 Å². The molecule has 1 saturated heterocycles. The van der Waals surface area contributed by atoms with Gasteiger partial charge in [-0.25, -0.2) is 9.48 Å². The number of aromatic nitrogens is 3. The Morgan fingerprint density at radius 1 is 1.42 bits per heavy atom. The van der Waals surface area contributed by atoms with Crippen molar-refractivity contribution in [3.63, 3.8) is 0 Å². The number of nitro benzene ring substituents is 1. The predicted octanol–water partition coefficient (Wildman–Crippen LogP) is 2.91. The summed E-state index contributed by atoms with van der Waals surface area (Å²) in [6.07, 6.45) is 1.03. The first-order chi connectivity index (χ1) is 12.2. The molecule has 1 aromatic heterocycles. The van der Waals surface area contributed by atoms with E-state index in [2.05, 4.69) is 10.3 Å². The van der Waals surface area contributed by atoms with Crippen molar-refractivity contribution in [2.75, 3.05) is 6.54 Å². The lowest BCUT2D eigenvalue weighted by atomic mass is 10.2. The van der Waals surface area contributed by atoms with Crippen LogP contribution in [0.2, 0.25) is 0 Å². The molecule has 0 spiro atoms. The van der Waals surface area contributed by atoms with E-state index in [0.717, 1.165) is 6.42 Å². The normalized spacial score (nSPS) is 17.5. The minimum absolute atomic E-state index is 0.0701. The Hall–Kier alpha value is -2.62. The summed E-state index contributed by atoms with van der Waals surface area (Å²) in [6, 6.07) is 3.91.